The largest absolute Gasteiger partial charge is 0.463 e. The summed E-state index contributed by atoms with van der Waals surface area (Å²) in [5.74, 6) is -0.515. The van der Waals surface area contributed by atoms with Gasteiger partial charge in [-0.2, -0.15) is 0 Å². The third kappa shape index (κ3) is 4.45. The fourth-order valence-corrected chi connectivity index (χ4v) is 2.97. The highest BCUT2D eigenvalue weighted by molar-refractivity contribution is 5.95. The second kappa shape index (κ2) is 7.94. The highest BCUT2D eigenvalue weighted by Crippen LogP contribution is 2.18. The number of nitrogens with one attached hydrogen (secondary N) is 1. The van der Waals surface area contributed by atoms with Crippen LogP contribution in [0.25, 0.3) is 0 Å². The van der Waals surface area contributed by atoms with Gasteiger partial charge >= 0.3 is 5.97 Å². The molecule has 5 nitrogen and oxygen atoms in total. The smallest absolute Gasteiger partial charge is 0.323 e. The van der Waals surface area contributed by atoms with Crippen molar-refractivity contribution in [3.8, 4) is 0 Å². The van der Waals surface area contributed by atoms with Gasteiger partial charge in [0.2, 0.25) is 5.91 Å². The predicted molar refractivity (Wildman–Crippen MR) is 96.0 cm³/mol. The molecule has 2 aromatic rings. The molecule has 1 fully saturated rings. The Labute approximate surface area is 147 Å². The van der Waals surface area contributed by atoms with Crippen LogP contribution in [0.2, 0.25) is 0 Å². The lowest BCUT2D eigenvalue weighted by molar-refractivity contribution is -0.159. The van der Waals surface area contributed by atoms with Crippen LogP contribution in [0.3, 0.4) is 0 Å². The standard InChI is InChI=1S/C20H22N2O3/c1-15-7-5-6-10-17(15)21-19(23)13-18-20(24)25-12-11-22(18)14-16-8-3-2-4-9-16/h2-10,18H,11-14H2,1H3,(H,21,23). The van der Waals surface area contributed by atoms with Crippen LogP contribution in [0.4, 0.5) is 5.69 Å². The molecule has 1 unspecified atom stereocenters. The average molecular weight is 338 g/mol. The Balaban J connectivity index is 1.67. The molecule has 1 aliphatic rings. The lowest BCUT2D eigenvalue weighted by atomic mass is 10.1. The zero-order chi connectivity index (χ0) is 17.6. The number of hydrogen-bond donors (Lipinski definition) is 1. The van der Waals surface area contributed by atoms with Crippen molar-refractivity contribution in [1.29, 1.82) is 0 Å². The van der Waals surface area contributed by atoms with Crippen LogP contribution in [0.1, 0.15) is 17.5 Å². The van der Waals surface area contributed by atoms with Gasteiger partial charge in [-0.05, 0) is 24.1 Å². The first kappa shape index (κ1) is 17.2. The van der Waals surface area contributed by atoms with Gasteiger partial charge < -0.3 is 10.1 Å². The summed E-state index contributed by atoms with van der Waals surface area (Å²) in [7, 11) is 0. The summed E-state index contributed by atoms with van der Waals surface area (Å²) in [6.45, 7) is 3.55. The van der Waals surface area contributed by atoms with Gasteiger partial charge in [-0.15, -0.1) is 0 Å². The third-order valence-electron chi connectivity index (χ3n) is 4.36. The van der Waals surface area contributed by atoms with Gasteiger partial charge in [0.1, 0.15) is 12.6 Å². The number of benzene rings is 2. The van der Waals surface area contributed by atoms with Crippen LogP contribution in [0, 0.1) is 6.92 Å². The Bertz CT molecular complexity index is 746. The number of amides is 1. The molecule has 0 bridgehead atoms. The molecular weight excluding hydrogens is 316 g/mol. The molecule has 5 heteroatoms. The molecule has 0 radical (unpaired) electrons. The topological polar surface area (TPSA) is 58.6 Å². The molecule has 0 saturated carbocycles. The van der Waals surface area contributed by atoms with Crippen LogP contribution in [-0.2, 0) is 20.9 Å². The van der Waals surface area contributed by atoms with Crippen LogP contribution < -0.4 is 5.32 Å². The van der Waals surface area contributed by atoms with Crippen molar-refractivity contribution in [2.75, 3.05) is 18.5 Å². The van der Waals surface area contributed by atoms with E-state index in [-0.39, 0.29) is 18.3 Å². The molecule has 2 aromatic carbocycles. The number of rotatable bonds is 5. The highest BCUT2D eigenvalue weighted by atomic mass is 16.5. The molecule has 1 saturated heterocycles. The van der Waals surface area contributed by atoms with Crippen molar-refractivity contribution < 1.29 is 14.3 Å². The summed E-state index contributed by atoms with van der Waals surface area (Å²) in [4.78, 5) is 26.6. The molecule has 0 aromatic heterocycles. The number of carbonyl (C=O) groups excluding carboxylic acids is 2. The molecule has 1 amide bonds. The number of anilines is 1. The van der Waals surface area contributed by atoms with Crippen molar-refractivity contribution in [2.45, 2.75) is 25.9 Å². The molecule has 1 N–H and O–H groups in total. The Morgan fingerprint density at radius 1 is 1.16 bits per heavy atom. The Kier molecular flexibility index (Phi) is 5.46. The molecule has 1 aliphatic heterocycles. The summed E-state index contributed by atoms with van der Waals surface area (Å²) >= 11 is 0. The van der Waals surface area contributed by atoms with E-state index < -0.39 is 6.04 Å². The van der Waals surface area contributed by atoms with Crippen LogP contribution in [0.15, 0.2) is 54.6 Å². The number of morpholine rings is 1. The summed E-state index contributed by atoms with van der Waals surface area (Å²) in [6.07, 6.45) is 0.0833. The number of hydrogen-bond acceptors (Lipinski definition) is 4. The van der Waals surface area contributed by atoms with Crippen molar-refractivity contribution in [3.05, 3.63) is 65.7 Å². The molecule has 3 rings (SSSR count). The fraction of sp³-hybridized carbons (Fsp3) is 0.300. The van der Waals surface area contributed by atoms with Crippen molar-refractivity contribution in [2.24, 2.45) is 0 Å². The van der Waals surface area contributed by atoms with Gasteiger partial charge in [-0.1, -0.05) is 48.5 Å². The maximum Gasteiger partial charge on any atom is 0.323 e. The van der Waals surface area contributed by atoms with E-state index in [0.29, 0.717) is 19.7 Å². The van der Waals surface area contributed by atoms with Crippen LogP contribution >= 0.6 is 0 Å². The number of cyclic esters (lactones) is 1. The summed E-state index contributed by atoms with van der Waals surface area (Å²) in [6, 6.07) is 17.0. The van der Waals surface area contributed by atoms with E-state index in [0.717, 1.165) is 16.8 Å². The quantitative estimate of drug-likeness (QED) is 0.852. The minimum absolute atomic E-state index is 0.0833. The molecule has 1 heterocycles. The molecule has 130 valence electrons. The van der Waals surface area contributed by atoms with E-state index in [1.54, 1.807) is 0 Å². The normalized spacial score (nSPS) is 17.8. The minimum Gasteiger partial charge on any atom is -0.463 e. The van der Waals surface area contributed by atoms with E-state index in [1.165, 1.54) is 0 Å². The number of para-hydroxylation sites is 1. The van der Waals surface area contributed by atoms with Crippen LogP contribution in [-0.4, -0.2) is 36.0 Å². The van der Waals surface area contributed by atoms with E-state index in [4.69, 9.17) is 4.74 Å². The van der Waals surface area contributed by atoms with Gasteiger partial charge in [-0.3, -0.25) is 14.5 Å². The molecular formula is C20H22N2O3. The SMILES string of the molecule is Cc1ccccc1NC(=O)CC1C(=O)OCCN1Cc1ccccc1. The maximum absolute atomic E-state index is 12.4. The average Bonchev–Trinajstić information content (AvgIpc) is 2.61. The van der Waals surface area contributed by atoms with Gasteiger partial charge in [-0.25, -0.2) is 0 Å². The van der Waals surface area contributed by atoms with E-state index in [2.05, 4.69) is 5.32 Å². The van der Waals surface area contributed by atoms with Gasteiger partial charge in [0, 0.05) is 18.8 Å². The second-order valence-corrected chi connectivity index (χ2v) is 6.21. The van der Waals surface area contributed by atoms with Gasteiger partial charge in [0.05, 0.1) is 6.42 Å². The third-order valence-corrected chi connectivity index (χ3v) is 4.36. The predicted octanol–water partition coefficient (Wildman–Crippen LogP) is 2.75. The lowest BCUT2D eigenvalue weighted by Crippen LogP contribution is -2.49. The first-order valence-corrected chi connectivity index (χ1v) is 8.43. The van der Waals surface area contributed by atoms with E-state index in [9.17, 15) is 9.59 Å². The zero-order valence-electron chi connectivity index (χ0n) is 14.3. The van der Waals surface area contributed by atoms with E-state index >= 15 is 0 Å². The first-order chi connectivity index (χ1) is 12.1. The Hall–Kier alpha value is -2.66. The summed E-state index contributed by atoms with van der Waals surface area (Å²) < 4.78 is 5.17. The Morgan fingerprint density at radius 2 is 1.88 bits per heavy atom. The van der Waals surface area contributed by atoms with Gasteiger partial charge in [0.25, 0.3) is 0 Å². The van der Waals surface area contributed by atoms with Crippen molar-refractivity contribution in [3.63, 3.8) is 0 Å². The second-order valence-electron chi connectivity index (χ2n) is 6.21. The number of aryl methyl sites for hydroxylation is 1. The molecule has 1 atom stereocenters. The van der Waals surface area contributed by atoms with Crippen molar-refractivity contribution >= 4 is 17.6 Å². The van der Waals surface area contributed by atoms with Gasteiger partial charge in [0.15, 0.2) is 0 Å². The number of esters is 1. The first-order valence-electron chi connectivity index (χ1n) is 8.43. The molecule has 25 heavy (non-hydrogen) atoms. The molecule has 0 spiro atoms. The monoisotopic (exact) mass is 338 g/mol. The number of carbonyl (C=O) groups is 2. The minimum atomic E-state index is -0.557. The van der Waals surface area contributed by atoms with Crippen molar-refractivity contribution in [1.82, 2.24) is 4.90 Å². The number of nitrogens with zero attached hydrogens (tertiary/aromatic N) is 1. The summed E-state index contributed by atoms with van der Waals surface area (Å²) in [5, 5.41) is 2.89. The highest BCUT2D eigenvalue weighted by Gasteiger charge is 2.33. The molecule has 0 aliphatic carbocycles. The summed E-state index contributed by atoms with van der Waals surface area (Å²) in [5.41, 5.74) is 2.87. The van der Waals surface area contributed by atoms with E-state index in [1.807, 2.05) is 66.4 Å². The van der Waals surface area contributed by atoms with Crippen LogP contribution in [0.5, 0.6) is 0 Å². The lowest BCUT2D eigenvalue weighted by Gasteiger charge is -2.33. The maximum atomic E-state index is 12.4. The number of ether oxygens (including phenoxy) is 1. The Morgan fingerprint density at radius 3 is 2.64 bits per heavy atom. The fourth-order valence-electron chi connectivity index (χ4n) is 2.97. The zero-order valence-corrected chi connectivity index (χ0v) is 14.3.